The third-order valence-corrected chi connectivity index (χ3v) is 3.05. The highest BCUT2D eigenvalue weighted by atomic mass is 79.9. The van der Waals surface area contributed by atoms with Crippen molar-refractivity contribution in [2.45, 2.75) is 5.54 Å². The molecule has 1 aliphatic rings. The maximum absolute atomic E-state index is 5.52. The van der Waals surface area contributed by atoms with E-state index < -0.39 is 0 Å². The van der Waals surface area contributed by atoms with E-state index in [0.717, 1.165) is 10.0 Å². The van der Waals surface area contributed by atoms with Crippen molar-refractivity contribution in [3.05, 3.63) is 34.3 Å². The van der Waals surface area contributed by atoms with Gasteiger partial charge in [0.15, 0.2) is 0 Å². The van der Waals surface area contributed by atoms with Gasteiger partial charge >= 0.3 is 0 Å². The van der Waals surface area contributed by atoms with Gasteiger partial charge in [-0.05, 0) is 11.6 Å². The van der Waals surface area contributed by atoms with Crippen LogP contribution in [0, 0.1) is 0 Å². The fourth-order valence-corrected chi connectivity index (χ4v) is 2.14. The minimum Gasteiger partial charge on any atom is -0.377 e. The molecule has 2 rings (SSSR count). The van der Waals surface area contributed by atoms with Crippen molar-refractivity contribution in [1.29, 1.82) is 0 Å². The Kier molecular flexibility index (Phi) is 2.38. The van der Waals surface area contributed by atoms with Crippen LogP contribution in [-0.4, -0.2) is 13.2 Å². The summed E-state index contributed by atoms with van der Waals surface area (Å²) in [7, 11) is 0. The lowest BCUT2D eigenvalue weighted by atomic mass is 9.89. The van der Waals surface area contributed by atoms with Crippen molar-refractivity contribution in [3.63, 3.8) is 0 Å². The van der Waals surface area contributed by atoms with Gasteiger partial charge < -0.3 is 4.74 Å². The Morgan fingerprint density at radius 1 is 1.38 bits per heavy atom. The molecule has 1 aromatic rings. The molecule has 0 radical (unpaired) electrons. The third kappa shape index (κ3) is 1.40. The monoisotopic (exact) mass is 242 g/mol. The first-order valence-corrected chi connectivity index (χ1v) is 4.88. The first-order chi connectivity index (χ1) is 6.28. The summed E-state index contributed by atoms with van der Waals surface area (Å²) in [6.07, 6.45) is 0. The molecule has 3 N–H and O–H groups in total. The third-order valence-electron chi connectivity index (χ3n) is 2.36. The molecule has 0 atom stereocenters. The second-order valence-electron chi connectivity index (χ2n) is 3.20. The second-order valence-corrected chi connectivity index (χ2v) is 4.05. The maximum atomic E-state index is 5.52. The zero-order valence-electron chi connectivity index (χ0n) is 7.09. The minimum absolute atomic E-state index is 0.194. The van der Waals surface area contributed by atoms with Crippen LogP contribution >= 0.6 is 15.9 Å². The van der Waals surface area contributed by atoms with Gasteiger partial charge in [-0.25, -0.2) is 5.43 Å². The van der Waals surface area contributed by atoms with Crippen LogP contribution in [0.25, 0.3) is 0 Å². The van der Waals surface area contributed by atoms with E-state index in [1.165, 1.54) is 0 Å². The molecule has 0 amide bonds. The predicted molar refractivity (Wildman–Crippen MR) is 54.0 cm³/mol. The van der Waals surface area contributed by atoms with Gasteiger partial charge in [-0.15, -0.1) is 0 Å². The van der Waals surface area contributed by atoms with Gasteiger partial charge in [0.1, 0.15) is 5.54 Å². The fraction of sp³-hybridized carbons (Fsp3) is 0.333. The van der Waals surface area contributed by atoms with Crippen molar-refractivity contribution in [2.24, 2.45) is 5.84 Å². The Labute approximate surface area is 85.4 Å². The van der Waals surface area contributed by atoms with Crippen LogP contribution in [0.1, 0.15) is 5.56 Å². The number of nitrogens with one attached hydrogen (secondary N) is 1. The van der Waals surface area contributed by atoms with Crippen LogP contribution < -0.4 is 11.3 Å². The number of benzene rings is 1. The molecule has 1 heterocycles. The Morgan fingerprint density at radius 2 is 2.08 bits per heavy atom. The first-order valence-electron chi connectivity index (χ1n) is 4.09. The Bertz CT molecular complexity index is 307. The zero-order valence-corrected chi connectivity index (χ0v) is 8.67. The number of hydrazine groups is 1. The number of hydrogen-bond acceptors (Lipinski definition) is 3. The Balaban J connectivity index is 2.38. The summed E-state index contributed by atoms with van der Waals surface area (Å²) < 4.78 is 6.24. The largest absolute Gasteiger partial charge is 0.377 e. The smallest absolute Gasteiger partial charge is 0.105 e. The topological polar surface area (TPSA) is 47.3 Å². The molecule has 1 saturated heterocycles. The van der Waals surface area contributed by atoms with E-state index >= 15 is 0 Å². The van der Waals surface area contributed by atoms with E-state index in [1.807, 2.05) is 24.3 Å². The fourth-order valence-electron chi connectivity index (χ4n) is 1.47. The van der Waals surface area contributed by atoms with Gasteiger partial charge in [0.25, 0.3) is 0 Å². The van der Waals surface area contributed by atoms with E-state index in [2.05, 4.69) is 21.4 Å². The van der Waals surface area contributed by atoms with E-state index in [1.54, 1.807) is 0 Å². The lowest BCUT2D eigenvalue weighted by molar-refractivity contribution is -0.0790. The number of halogens is 1. The summed E-state index contributed by atoms with van der Waals surface area (Å²) in [4.78, 5) is 0. The second kappa shape index (κ2) is 3.38. The highest BCUT2D eigenvalue weighted by molar-refractivity contribution is 9.10. The zero-order chi connectivity index (χ0) is 9.31. The molecule has 1 fully saturated rings. The van der Waals surface area contributed by atoms with Crippen molar-refractivity contribution in [1.82, 2.24) is 5.43 Å². The molecule has 70 valence electrons. The quantitative estimate of drug-likeness (QED) is 0.604. The normalized spacial score (nSPS) is 19.5. The molecule has 0 bridgehead atoms. The highest BCUT2D eigenvalue weighted by Crippen LogP contribution is 2.33. The summed E-state index contributed by atoms with van der Waals surface area (Å²) in [6.45, 7) is 1.26. The molecule has 0 aliphatic carbocycles. The van der Waals surface area contributed by atoms with Crippen LogP contribution in [0.2, 0.25) is 0 Å². The number of nitrogens with two attached hydrogens (primary N) is 1. The molecule has 0 saturated carbocycles. The van der Waals surface area contributed by atoms with Crippen LogP contribution in [0.3, 0.4) is 0 Å². The van der Waals surface area contributed by atoms with Gasteiger partial charge in [0.2, 0.25) is 0 Å². The lowest BCUT2D eigenvalue weighted by Gasteiger charge is -2.41. The van der Waals surface area contributed by atoms with Crippen molar-refractivity contribution in [3.8, 4) is 0 Å². The maximum Gasteiger partial charge on any atom is 0.105 e. The van der Waals surface area contributed by atoms with Crippen molar-refractivity contribution in [2.75, 3.05) is 13.2 Å². The van der Waals surface area contributed by atoms with Crippen LogP contribution in [0.5, 0.6) is 0 Å². The van der Waals surface area contributed by atoms with E-state index in [0.29, 0.717) is 13.2 Å². The first kappa shape index (κ1) is 9.15. The lowest BCUT2D eigenvalue weighted by Crippen LogP contribution is -2.60. The molecule has 1 aliphatic heterocycles. The standard InChI is InChI=1S/C9H11BrN2O/c10-8-4-2-1-3-7(8)9(12-11)5-13-6-9/h1-4,12H,5-6,11H2. The minimum atomic E-state index is -0.194. The molecular weight excluding hydrogens is 232 g/mol. The Hall–Kier alpha value is -0.420. The van der Waals surface area contributed by atoms with E-state index in [4.69, 9.17) is 10.6 Å². The summed E-state index contributed by atoms with van der Waals surface area (Å²) in [5.41, 5.74) is 3.78. The summed E-state index contributed by atoms with van der Waals surface area (Å²) in [6, 6.07) is 8.04. The number of hydrogen-bond donors (Lipinski definition) is 2. The van der Waals surface area contributed by atoms with Crippen LogP contribution in [0.4, 0.5) is 0 Å². The number of rotatable bonds is 2. The summed E-state index contributed by atoms with van der Waals surface area (Å²) in [5.74, 6) is 5.52. The van der Waals surface area contributed by atoms with E-state index in [-0.39, 0.29) is 5.54 Å². The molecule has 4 heteroatoms. The van der Waals surface area contributed by atoms with Gasteiger partial charge in [-0.1, -0.05) is 34.1 Å². The van der Waals surface area contributed by atoms with Gasteiger partial charge in [0.05, 0.1) is 13.2 Å². The average molecular weight is 243 g/mol. The molecule has 3 nitrogen and oxygen atoms in total. The SMILES string of the molecule is NNC1(c2ccccc2Br)COC1. The van der Waals surface area contributed by atoms with Crippen LogP contribution in [-0.2, 0) is 10.3 Å². The highest BCUT2D eigenvalue weighted by Gasteiger charge is 2.40. The molecule has 0 aromatic heterocycles. The summed E-state index contributed by atoms with van der Waals surface area (Å²) in [5, 5.41) is 0. The average Bonchev–Trinajstić information content (AvgIpc) is 2.07. The van der Waals surface area contributed by atoms with Crippen LogP contribution in [0.15, 0.2) is 28.7 Å². The molecule has 1 aromatic carbocycles. The van der Waals surface area contributed by atoms with Gasteiger partial charge in [0, 0.05) is 4.47 Å². The Morgan fingerprint density at radius 3 is 2.54 bits per heavy atom. The van der Waals surface area contributed by atoms with Crippen molar-refractivity contribution >= 4 is 15.9 Å². The predicted octanol–water partition coefficient (Wildman–Crippen LogP) is 1.14. The van der Waals surface area contributed by atoms with Crippen molar-refractivity contribution < 1.29 is 4.74 Å². The summed E-state index contributed by atoms with van der Waals surface area (Å²) >= 11 is 3.50. The molecule has 13 heavy (non-hydrogen) atoms. The van der Waals surface area contributed by atoms with Gasteiger partial charge in [-0.2, -0.15) is 0 Å². The van der Waals surface area contributed by atoms with E-state index in [9.17, 15) is 0 Å². The molecular formula is C9H11BrN2O. The van der Waals surface area contributed by atoms with Gasteiger partial charge in [-0.3, -0.25) is 5.84 Å². The molecule has 0 unspecified atom stereocenters. The number of ether oxygens (including phenoxy) is 1. The molecule has 0 spiro atoms.